The molecule has 62 valence electrons. The molecule has 1 heterocycles. The lowest BCUT2D eigenvalue weighted by Gasteiger charge is -2.15. The highest BCUT2D eigenvalue weighted by Crippen LogP contribution is 2.14. The molecule has 0 saturated carbocycles. The molecule has 0 radical (unpaired) electrons. The van der Waals surface area contributed by atoms with E-state index >= 15 is 0 Å². The summed E-state index contributed by atoms with van der Waals surface area (Å²) >= 11 is 0. The Morgan fingerprint density at radius 3 is 2.58 bits per heavy atom. The van der Waals surface area contributed by atoms with Gasteiger partial charge in [0.1, 0.15) is 5.84 Å². The summed E-state index contributed by atoms with van der Waals surface area (Å²) in [6, 6.07) is 9.99. The molecule has 1 fully saturated rings. The van der Waals surface area contributed by atoms with Crippen LogP contribution in [0, 0.1) is 5.41 Å². The van der Waals surface area contributed by atoms with Gasteiger partial charge in [-0.2, -0.15) is 0 Å². The number of benzene rings is 1. The first kappa shape index (κ1) is 7.31. The van der Waals surface area contributed by atoms with Crippen LogP contribution in [0.5, 0.6) is 0 Å². The summed E-state index contributed by atoms with van der Waals surface area (Å²) < 4.78 is 0. The summed E-state index contributed by atoms with van der Waals surface area (Å²) in [4.78, 5) is 1.96. The third-order valence-corrected chi connectivity index (χ3v) is 1.96. The summed E-state index contributed by atoms with van der Waals surface area (Å²) in [6.07, 6.45) is 0. The number of anilines is 1. The van der Waals surface area contributed by atoms with E-state index in [-0.39, 0.29) is 0 Å². The Balaban J connectivity index is 2.25. The lowest BCUT2D eigenvalue weighted by Crippen LogP contribution is -2.24. The Labute approximate surface area is 71.5 Å². The summed E-state index contributed by atoms with van der Waals surface area (Å²) in [5.41, 5.74) is 1.09. The number of hydrogen-bond acceptors (Lipinski definition) is 2. The minimum absolute atomic E-state index is 0.640. The molecule has 1 saturated heterocycles. The lowest BCUT2D eigenvalue weighted by molar-refractivity contribution is 0.856. The van der Waals surface area contributed by atoms with Gasteiger partial charge in [-0.1, -0.05) is 18.2 Å². The van der Waals surface area contributed by atoms with E-state index in [1.165, 1.54) is 0 Å². The molecule has 2 N–H and O–H groups in total. The Morgan fingerprint density at radius 1 is 1.25 bits per heavy atom. The minimum atomic E-state index is 0.640. The van der Waals surface area contributed by atoms with E-state index < -0.39 is 0 Å². The standard InChI is InChI=1S/C9H11N3/c10-9-6-11-7-12(9)8-4-2-1-3-5-8/h1-5,10-11H,6-7H2. The van der Waals surface area contributed by atoms with Gasteiger partial charge in [-0.3, -0.25) is 10.7 Å². The van der Waals surface area contributed by atoms with Crippen molar-refractivity contribution in [2.45, 2.75) is 0 Å². The van der Waals surface area contributed by atoms with Crippen LogP contribution in [0.2, 0.25) is 0 Å². The molecule has 1 aromatic rings. The maximum absolute atomic E-state index is 7.61. The fraction of sp³-hybridized carbons (Fsp3) is 0.222. The van der Waals surface area contributed by atoms with Gasteiger partial charge in [0.05, 0.1) is 13.2 Å². The average molecular weight is 161 g/mol. The summed E-state index contributed by atoms with van der Waals surface area (Å²) in [7, 11) is 0. The quantitative estimate of drug-likeness (QED) is 0.645. The van der Waals surface area contributed by atoms with Crippen LogP contribution in [0.1, 0.15) is 0 Å². The number of amidine groups is 1. The van der Waals surface area contributed by atoms with Gasteiger partial charge in [-0.05, 0) is 12.1 Å². The van der Waals surface area contributed by atoms with E-state index in [4.69, 9.17) is 5.41 Å². The van der Waals surface area contributed by atoms with Crippen molar-refractivity contribution < 1.29 is 0 Å². The molecule has 0 bridgehead atoms. The van der Waals surface area contributed by atoms with Gasteiger partial charge in [0.15, 0.2) is 0 Å². The van der Waals surface area contributed by atoms with E-state index in [1.54, 1.807) is 0 Å². The molecule has 0 amide bonds. The highest BCUT2D eigenvalue weighted by Gasteiger charge is 2.16. The Bertz CT molecular complexity index is 281. The highest BCUT2D eigenvalue weighted by molar-refractivity contribution is 5.98. The molecule has 0 atom stereocenters. The van der Waals surface area contributed by atoms with E-state index in [0.717, 1.165) is 12.4 Å². The van der Waals surface area contributed by atoms with Gasteiger partial charge in [0.25, 0.3) is 0 Å². The molecule has 1 aliphatic heterocycles. The van der Waals surface area contributed by atoms with Gasteiger partial charge in [0, 0.05) is 5.69 Å². The first-order valence-electron chi connectivity index (χ1n) is 3.98. The first-order valence-corrected chi connectivity index (χ1v) is 3.98. The zero-order valence-corrected chi connectivity index (χ0v) is 6.75. The Morgan fingerprint density at radius 2 is 2.00 bits per heavy atom. The Kier molecular flexibility index (Phi) is 1.80. The van der Waals surface area contributed by atoms with Crippen LogP contribution in [0.25, 0.3) is 0 Å². The molecule has 0 aromatic heterocycles. The van der Waals surface area contributed by atoms with Gasteiger partial charge in [0.2, 0.25) is 0 Å². The fourth-order valence-corrected chi connectivity index (χ4v) is 1.33. The summed E-state index contributed by atoms with van der Waals surface area (Å²) in [5, 5.41) is 10.7. The highest BCUT2D eigenvalue weighted by atomic mass is 15.3. The van der Waals surface area contributed by atoms with Crippen molar-refractivity contribution in [3.8, 4) is 0 Å². The van der Waals surface area contributed by atoms with Gasteiger partial charge in [-0.15, -0.1) is 0 Å². The maximum atomic E-state index is 7.61. The monoisotopic (exact) mass is 161 g/mol. The predicted octanol–water partition coefficient (Wildman–Crippen LogP) is 1.03. The van der Waals surface area contributed by atoms with E-state index in [2.05, 4.69) is 5.32 Å². The van der Waals surface area contributed by atoms with Crippen molar-refractivity contribution in [1.82, 2.24) is 5.32 Å². The van der Waals surface area contributed by atoms with Crippen LogP contribution in [0.4, 0.5) is 5.69 Å². The second-order valence-corrected chi connectivity index (χ2v) is 2.80. The molecule has 3 heteroatoms. The van der Waals surface area contributed by atoms with E-state index in [1.807, 2.05) is 35.2 Å². The third kappa shape index (κ3) is 1.19. The average Bonchev–Trinajstić information content (AvgIpc) is 2.53. The lowest BCUT2D eigenvalue weighted by atomic mass is 10.3. The zero-order chi connectivity index (χ0) is 8.39. The summed E-state index contributed by atoms with van der Waals surface area (Å²) in [5.74, 6) is 0.640. The molecule has 2 rings (SSSR count). The molecule has 0 spiro atoms. The number of nitrogens with one attached hydrogen (secondary N) is 2. The zero-order valence-electron chi connectivity index (χ0n) is 6.75. The SMILES string of the molecule is N=C1CNCN1c1ccccc1. The van der Waals surface area contributed by atoms with Crippen molar-refractivity contribution in [1.29, 1.82) is 5.41 Å². The van der Waals surface area contributed by atoms with Gasteiger partial charge in [-0.25, -0.2) is 0 Å². The molecule has 0 unspecified atom stereocenters. The van der Waals surface area contributed by atoms with Crippen molar-refractivity contribution in [2.24, 2.45) is 0 Å². The van der Waals surface area contributed by atoms with Crippen LogP contribution in [-0.2, 0) is 0 Å². The topological polar surface area (TPSA) is 39.1 Å². The number of hydrogen-bond donors (Lipinski definition) is 2. The van der Waals surface area contributed by atoms with Crippen molar-refractivity contribution in [3.05, 3.63) is 30.3 Å². The first-order chi connectivity index (χ1) is 5.88. The van der Waals surface area contributed by atoms with Crippen LogP contribution in [0.3, 0.4) is 0 Å². The molecule has 0 aliphatic carbocycles. The van der Waals surface area contributed by atoms with Gasteiger partial charge >= 0.3 is 0 Å². The van der Waals surface area contributed by atoms with Crippen LogP contribution in [0.15, 0.2) is 30.3 Å². The molecule has 12 heavy (non-hydrogen) atoms. The summed E-state index contributed by atoms with van der Waals surface area (Å²) in [6.45, 7) is 1.43. The van der Waals surface area contributed by atoms with Crippen LogP contribution < -0.4 is 10.2 Å². The van der Waals surface area contributed by atoms with Crippen LogP contribution in [-0.4, -0.2) is 19.0 Å². The molecular formula is C9H11N3. The van der Waals surface area contributed by atoms with Gasteiger partial charge < -0.3 is 4.90 Å². The minimum Gasteiger partial charge on any atom is -0.316 e. The number of nitrogens with zero attached hydrogens (tertiary/aromatic N) is 1. The fourth-order valence-electron chi connectivity index (χ4n) is 1.33. The van der Waals surface area contributed by atoms with Crippen molar-refractivity contribution in [3.63, 3.8) is 0 Å². The smallest absolute Gasteiger partial charge is 0.116 e. The predicted molar refractivity (Wildman–Crippen MR) is 49.5 cm³/mol. The number of para-hydroxylation sites is 1. The van der Waals surface area contributed by atoms with Crippen molar-refractivity contribution >= 4 is 11.5 Å². The van der Waals surface area contributed by atoms with E-state index in [0.29, 0.717) is 12.4 Å². The largest absolute Gasteiger partial charge is 0.316 e. The third-order valence-electron chi connectivity index (χ3n) is 1.96. The second-order valence-electron chi connectivity index (χ2n) is 2.80. The van der Waals surface area contributed by atoms with Crippen molar-refractivity contribution in [2.75, 3.05) is 18.1 Å². The normalized spacial score (nSPS) is 17.0. The maximum Gasteiger partial charge on any atom is 0.116 e. The number of rotatable bonds is 1. The molecule has 3 nitrogen and oxygen atoms in total. The molecule has 1 aromatic carbocycles. The molecule has 1 aliphatic rings. The van der Waals surface area contributed by atoms with E-state index in [9.17, 15) is 0 Å². The molecular weight excluding hydrogens is 150 g/mol. The Hall–Kier alpha value is -1.35. The van der Waals surface area contributed by atoms with Crippen LogP contribution >= 0.6 is 0 Å². The second kappa shape index (κ2) is 2.95.